The lowest BCUT2D eigenvalue weighted by Crippen LogP contribution is -2.51. The quantitative estimate of drug-likeness (QED) is 0.534. The zero-order valence-electron chi connectivity index (χ0n) is 19.6. The Bertz CT molecular complexity index is 1190. The largest absolute Gasteiger partial charge is 0.493 e. The highest BCUT2D eigenvalue weighted by molar-refractivity contribution is 8.18. The molecule has 0 atom stereocenters. The molecule has 0 unspecified atom stereocenters. The fourth-order valence-electron chi connectivity index (χ4n) is 3.96. The maximum Gasteiger partial charge on any atom is 0.341 e. The van der Waals surface area contributed by atoms with Crippen molar-refractivity contribution >= 4 is 46.5 Å². The van der Waals surface area contributed by atoms with Gasteiger partial charge in [0.25, 0.3) is 11.1 Å². The number of nitrogens with zero attached hydrogens (tertiary/aromatic N) is 3. The van der Waals surface area contributed by atoms with E-state index in [1.54, 1.807) is 23.1 Å². The lowest BCUT2D eigenvalue weighted by atomic mass is 10.1. The van der Waals surface area contributed by atoms with Crippen molar-refractivity contribution in [2.24, 2.45) is 0 Å². The number of imide groups is 1. The van der Waals surface area contributed by atoms with Crippen molar-refractivity contribution < 1.29 is 33.8 Å². The molecule has 2 aliphatic rings. The van der Waals surface area contributed by atoms with Crippen LogP contribution in [0.1, 0.15) is 5.56 Å². The first kappa shape index (κ1) is 25.1. The summed E-state index contributed by atoms with van der Waals surface area (Å²) in [6.07, 6.45) is 1.44. The van der Waals surface area contributed by atoms with Gasteiger partial charge in [0.1, 0.15) is 6.54 Å². The van der Waals surface area contributed by atoms with Crippen LogP contribution in [-0.4, -0.2) is 84.4 Å². The number of hydrogen-bond acceptors (Lipinski definition) is 8. The Morgan fingerprint density at radius 2 is 1.75 bits per heavy atom. The van der Waals surface area contributed by atoms with Gasteiger partial charge in [0.2, 0.25) is 5.91 Å². The van der Waals surface area contributed by atoms with E-state index in [0.717, 1.165) is 10.6 Å². The van der Waals surface area contributed by atoms with Gasteiger partial charge < -0.3 is 24.4 Å². The van der Waals surface area contributed by atoms with Gasteiger partial charge in [-0.05, 0) is 36.0 Å². The first-order chi connectivity index (χ1) is 17.4. The Morgan fingerprint density at radius 3 is 2.42 bits per heavy atom. The van der Waals surface area contributed by atoms with Crippen LogP contribution in [0.25, 0.3) is 6.08 Å². The standard InChI is InChI=1S/C25H25N3O7S/c1-34-19-9-5-6-17(23(19)35-16-22(30)31)14-20-24(32)28(25(33)36-20)15-21(29)27-12-10-26(11-13-27)18-7-3-2-4-8-18/h2-9,14H,10-13,15-16H2,1H3,(H,30,31)/b20-14+. The number of piperazine rings is 1. The number of thioether (sulfide) groups is 1. The van der Waals surface area contributed by atoms with Crippen molar-refractivity contribution in [3.63, 3.8) is 0 Å². The lowest BCUT2D eigenvalue weighted by molar-refractivity contribution is -0.139. The van der Waals surface area contributed by atoms with E-state index in [1.807, 2.05) is 30.3 Å². The highest BCUT2D eigenvalue weighted by atomic mass is 32.2. The fourth-order valence-corrected chi connectivity index (χ4v) is 4.79. The summed E-state index contributed by atoms with van der Waals surface area (Å²) in [5.74, 6) is -1.63. The molecule has 3 amide bonds. The minimum atomic E-state index is -1.17. The second kappa shape index (κ2) is 11.2. The third-order valence-corrected chi connectivity index (χ3v) is 6.68. The zero-order chi connectivity index (χ0) is 25.7. The smallest absolute Gasteiger partial charge is 0.341 e. The molecule has 2 heterocycles. The van der Waals surface area contributed by atoms with E-state index in [-0.39, 0.29) is 28.9 Å². The average molecular weight is 512 g/mol. The number of ether oxygens (including phenoxy) is 2. The van der Waals surface area contributed by atoms with Crippen molar-refractivity contribution in [2.45, 2.75) is 0 Å². The molecule has 2 fully saturated rings. The third kappa shape index (κ3) is 5.62. The maximum atomic E-state index is 13.0. The molecule has 2 aromatic rings. The molecule has 188 valence electrons. The molecular weight excluding hydrogens is 486 g/mol. The summed E-state index contributed by atoms with van der Waals surface area (Å²) in [5.41, 5.74) is 1.47. The van der Waals surface area contributed by atoms with Crippen LogP contribution >= 0.6 is 11.8 Å². The Morgan fingerprint density at radius 1 is 1.03 bits per heavy atom. The maximum absolute atomic E-state index is 13.0. The Kier molecular flexibility index (Phi) is 7.79. The number of carbonyl (C=O) groups excluding carboxylic acids is 3. The van der Waals surface area contributed by atoms with Crippen LogP contribution in [0.3, 0.4) is 0 Å². The number of carboxylic acids is 1. The lowest BCUT2D eigenvalue weighted by Gasteiger charge is -2.36. The number of aliphatic carboxylic acids is 1. The van der Waals surface area contributed by atoms with Gasteiger partial charge in [-0.2, -0.15) is 0 Å². The minimum absolute atomic E-state index is 0.107. The molecule has 1 N–H and O–H groups in total. The first-order valence-corrected chi connectivity index (χ1v) is 12.0. The number of anilines is 1. The summed E-state index contributed by atoms with van der Waals surface area (Å²) in [7, 11) is 1.41. The zero-order valence-corrected chi connectivity index (χ0v) is 20.4. The molecule has 0 radical (unpaired) electrons. The van der Waals surface area contributed by atoms with Crippen LogP contribution < -0.4 is 14.4 Å². The van der Waals surface area contributed by atoms with Crippen molar-refractivity contribution in [3.8, 4) is 11.5 Å². The molecule has 0 aromatic heterocycles. The van der Waals surface area contributed by atoms with Crippen LogP contribution in [0.15, 0.2) is 53.4 Å². The SMILES string of the molecule is COc1cccc(/C=C2/SC(=O)N(CC(=O)N3CCN(c4ccccc4)CC3)C2=O)c1OCC(=O)O. The molecule has 2 saturated heterocycles. The Balaban J connectivity index is 1.42. The molecule has 0 spiro atoms. The highest BCUT2D eigenvalue weighted by Gasteiger charge is 2.37. The van der Waals surface area contributed by atoms with E-state index in [9.17, 15) is 19.2 Å². The van der Waals surface area contributed by atoms with Gasteiger partial charge in [-0.3, -0.25) is 19.3 Å². The summed E-state index contributed by atoms with van der Waals surface area (Å²) < 4.78 is 10.6. The van der Waals surface area contributed by atoms with Crippen molar-refractivity contribution in [1.82, 2.24) is 9.80 Å². The normalized spacial score (nSPS) is 17.0. The number of hydrogen-bond donors (Lipinski definition) is 1. The molecule has 36 heavy (non-hydrogen) atoms. The predicted octanol–water partition coefficient (Wildman–Crippen LogP) is 2.54. The highest BCUT2D eigenvalue weighted by Crippen LogP contribution is 2.37. The van der Waals surface area contributed by atoms with Gasteiger partial charge in [-0.15, -0.1) is 0 Å². The van der Waals surface area contributed by atoms with Crippen molar-refractivity contribution in [3.05, 3.63) is 59.0 Å². The van der Waals surface area contributed by atoms with E-state index in [4.69, 9.17) is 14.6 Å². The van der Waals surface area contributed by atoms with Crippen LogP contribution in [0, 0.1) is 0 Å². The van der Waals surface area contributed by atoms with E-state index in [1.165, 1.54) is 13.2 Å². The molecule has 4 rings (SSSR count). The van der Waals surface area contributed by atoms with Gasteiger partial charge in [0.05, 0.1) is 12.0 Å². The molecule has 2 aromatic carbocycles. The fraction of sp³-hybridized carbons (Fsp3) is 0.280. The number of carbonyl (C=O) groups is 4. The molecule has 0 saturated carbocycles. The molecule has 10 nitrogen and oxygen atoms in total. The average Bonchev–Trinajstić information content (AvgIpc) is 3.15. The van der Waals surface area contributed by atoms with Gasteiger partial charge >= 0.3 is 5.97 Å². The first-order valence-electron chi connectivity index (χ1n) is 11.2. The van der Waals surface area contributed by atoms with E-state index < -0.39 is 23.7 Å². The molecule has 2 aliphatic heterocycles. The minimum Gasteiger partial charge on any atom is -0.493 e. The number of rotatable bonds is 8. The van der Waals surface area contributed by atoms with Crippen LogP contribution in [0.5, 0.6) is 11.5 Å². The summed E-state index contributed by atoms with van der Waals surface area (Å²) >= 11 is 0.716. The summed E-state index contributed by atoms with van der Waals surface area (Å²) in [6.45, 7) is 1.36. The summed E-state index contributed by atoms with van der Waals surface area (Å²) in [4.78, 5) is 54.3. The number of amides is 3. The predicted molar refractivity (Wildman–Crippen MR) is 134 cm³/mol. The second-order valence-electron chi connectivity index (χ2n) is 8.03. The summed E-state index contributed by atoms with van der Waals surface area (Å²) in [6, 6.07) is 14.8. The van der Waals surface area contributed by atoms with Gasteiger partial charge in [0, 0.05) is 37.4 Å². The van der Waals surface area contributed by atoms with Gasteiger partial charge in [-0.25, -0.2) is 4.79 Å². The van der Waals surface area contributed by atoms with Crippen molar-refractivity contribution in [2.75, 3.05) is 51.3 Å². The Labute approximate surface area is 212 Å². The number of para-hydroxylation sites is 2. The van der Waals surface area contributed by atoms with Crippen LogP contribution in [-0.2, 0) is 14.4 Å². The Hall–Kier alpha value is -3.99. The molecule has 0 bridgehead atoms. The van der Waals surface area contributed by atoms with Gasteiger partial charge in [0.15, 0.2) is 18.1 Å². The molecule has 11 heteroatoms. The topological polar surface area (TPSA) is 117 Å². The number of methoxy groups -OCH3 is 1. The number of carboxylic acid groups (broad SMARTS) is 1. The second-order valence-corrected chi connectivity index (χ2v) is 9.03. The van der Waals surface area contributed by atoms with Gasteiger partial charge in [-0.1, -0.05) is 30.3 Å². The van der Waals surface area contributed by atoms with Crippen LogP contribution in [0.2, 0.25) is 0 Å². The van der Waals surface area contributed by atoms with E-state index >= 15 is 0 Å². The van der Waals surface area contributed by atoms with E-state index in [2.05, 4.69) is 4.90 Å². The monoisotopic (exact) mass is 511 g/mol. The molecular formula is C25H25N3O7S. The van der Waals surface area contributed by atoms with Crippen LogP contribution in [0.4, 0.5) is 10.5 Å². The van der Waals surface area contributed by atoms with Crippen molar-refractivity contribution in [1.29, 1.82) is 0 Å². The molecule has 0 aliphatic carbocycles. The summed E-state index contributed by atoms with van der Waals surface area (Å²) in [5, 5.41) is 8.42. The number of benzene rings is 2. The van der Waals surface area contributed by atoms with E-state index in [0.29, 0.717) is 43.5 Å². The third-order valence-electron chi connectivity index (χ3n) is 5.78.